The standard InChI is InChI=1S/C9H12O3S/c1-6(10)8(7(2)11)4-5-9(12)13-3/h4-5,8H,1-3H3. The number of ketones is 2. The second kappa shape index (κ2) is 5.70. The molecule has 0 aliphatic rings. The molecule has 0 unspecified atom stereocenters. The average Bonchev–Trinajstić information content (AvgIpc) is 2.03. The van der Waals surface area contributed by atoms with Crippen molar-refractivity contribution < 1.29 is 14.4 Å². The predicted octanol–water partition coefficient (Wildman–Crippen LogP) is 1.23. The van der Waals surface area contributed by atoms with Crippen LogP contribution in [0.25, 0.3) is 0 Å². The third-order valence-corrected chi connectivity index (χ3v) is 2.04. The van der Waals surface area contributed by atoms with Crippen LogP contribution < -0.4 is 0 Å². The number of carbonyl (C=O) groups is 3. The van der Waals surface area contributed by atoms with Gasteiger partial charge in [0.05, 0.1) is 5.92 Å². The number of thioether (sulfide) groups is 1. The normalized spacial score (nSPS) is 10.8. The Morgan fingerprint density at radius 2 is 1.62 bits per heavy atom. The zero-order valence-corrected chi connectivity index (χ0v) is 8.68. The molecule has 0 rings (SSSR count). The second-order valence-corrected chi connectivity index (χ2v) is 3.39. The maximum absolute atomic E-state index is 10.9. The van der Waals surface area contributed by atoms with E-state index in [0.717, 1.165) is 11.8 Å². The number of hydrogen-bond donors (Lipinski definition) is 0. The molecule has 0 atom stereocenters. The molecule has 0 N–H and O–H groups in total. The van der Waals surface area contributed by atoms with Gasteiger partial charge in [0.15, 0.2) is 0 Å². The van der Waals surface area contributed by atoms with Crippen molar-refractivity contribution in [1.82, 2.24) is 0 Å². The number of allylic oxidation sites excluding steroid dienone is 1. The predicted molar refractivity (Wildman–Crippen MR) is 52.5 cm³/mol. The molecule has 0 aliphatic heterocycles. The summed E-state index contributed by atoms with van der Waals surface area (Å²) in [7, 11) is 0. The number of carbonyl (C=O) groups excluding carboxylic acids is 3. The van der Waals surface area contributed by atoms with Crippen LogP contribution in [0.4, 0.5) is 0 Å². The van der Waals surface area contributed by atoms with Crippen LogP contribution in [0.5, 0.6) is 0 Å². The first-order chi connectivity index (χ1) is 5.99. The SMILES string of the molecule is CSC(=O)C=CC(C(C)=O)C(C)=O. The largest absolute Gasteiger partial charge is 0.299 e. The lowest BCUT2D eigenvalue weighted by atomic mass is 10.0. The minimum Gasteiger partial charge on any atom is -0.299 e. The van der Waals surface area contributed by atoms with Crippen molar-refractivity contribution in [3.05, 3.63) is 12.2 Å². The van der Waals surface area contributed by atoms with Crippen LogP contribution in [-0.4, -0.2) is 22.9 Å². The molecule has 0 aliphatic carbocycles. The average molecular weight is 200 g/mol. The number of hydrogen-bond acceptors (Lipinski definition) is 4. The maximum Gasteiger partial charge on any atom is 0.211 e. The molecular formula is C9H12O3S. The molecule has 0 fully saturated rings. The van der Waals surface area contributed by atoms with Crippen LogP contribution >= 0.6 is 11.8 Å². The summed E-state index contributed by atoms with van der Waals surface area (Å²) in [5, 5.41) is -0.160. The molecule has 0 amide bonds. The van der Waals surface area contributed by atoms with Gasteiger partial charge in [-0.3, -0.25) is 14.4 Å². The molecule has 72 valence electrons. The maximum atomic E-state index is 10.9. The van der Waals surface area contributed by atoms with Gasteiger partial charge in [-0.25, -0.2) is 0 Å². The fourth-order valence-corrected chi connectivity index (χ4v) is 1.01. The number of rotatable bonds is 4. The Balaban J connectivity index is 4.43. The van der Waals surface area contributed by atoms with Gasteiger partial charge in [0.1, 0.15) is 11.6 Å². The molecule has 0 bridgehead atoms. The van der Waals surface area contributed by atoms with E-state index < -0.39 is 5.92 Å². The molecule has 0 saturated heterocycles. The Morgan fingerprint density at radius 3 is 1.92 bits per heavy atom. The lowest BCUT2D eigenvalue weighted by molar-refractivity contribution is -0.128. The molecule has 0 heterocycles. The Kier molecular flexibility index (Phi) is 5.30. The summed E-state index contributed by atoms with van der Waals surface area (Å²) in [6, 6.07) is 0. The van der Waals surface area contributed by atoms with Gasteiger partial charge in [0.2, 0.25) is 5.12 Å². The van der Waals surface area contributed by atoms with E-state index in [1.165, 1.54) is 26.0 Å². The topological polar surface area (TPSA) is 51.2 Å². The van der Waals surface area contributed by atoms with E-state index in [9.17, 15) is 14.4 Å². The number of Topliss-reactive ketones (excluding diaryl/α,β-unsaturated/α-hetero) is 2. The zero-order chi connectivity index (χ0) is 10.4. The van der Waals surface area contributed by atoms with Crippen molar-refractivity contribution >= 4 is 28.4 Å². The van der Waals surface area contributed by atoms with Crippen molar-refractivity contribution in [1.29, 1.82) is 0 Å². The highest BCUT2D eigenvalue weighted by atomic mass is 32.2. The quantitative estimate of drug-likeness (QED) is 0.506. The Morgan fingerprint density at radius 1 is 1.15 bits per heavy atom. The van der Waals surface area contributed by atoms with Crippen LogP contribution in [0.2, 0.25) is 0 Å². The van der Waals surface area contributed by atoms with Gasteiger partial charge in [-0.05, 0) is 26.2 Å². The third kappa shape index (κ3) is 4.62. The van der Waals surface area contributed by atoms with Gasteiger partial charge < -0.3 is 0 Å². The monoisotopic (exact) mass is 200 g/mol. The Bertz CT molecular complexity index is 242. The van der Waals surface area contributed by atoms with Crippen LogP contribution in [0.15, 0.2) is 12.2 Å². The van der Waals surface area contributed by atoms with E-state index in [-0.39, 0.29) is 16.7 Å². The molecule has 0 aromatic carbocycles. The highest BCUT2D eigenvalue weighted by Crippen LogP contribution is 2.04. The van der Waals surface area contributed by atoms with Crippen molar-refractivity contribution in [2.75, 3.05) is 6.26 Å². The molecule has 4 heteroatoms. The summed E-state index contributed by atoms with van der Waals surface area (Å²) >= 11 is 1.04. The highest BCUT2D eigenvalue weighted by molar-refractivity contribution is 8.13. The summed E-state index contributed by atoms with van der Waals surface area (Å²) in [5.74, 6) is -1.24. The van der Waals surface area contributed by atoms with Crippen molar-refractivity contribution in [2.45, 2.75) is 13.8 Å². The van der Waals surface area contributed by atoms with Crippen LogP contribution in [0.3, 0.4) is 0 Å². The van der Waals surface area contributed by atoms with E-state index >= 15 is 0 Å². The summed E-state index contributed by atoms with van der Waals surface area (Å²) in [6.07, 6.45) is 4.25. The minimum absolute atomic E-state index is 0.160. The van der Waals surface area contributed by atoms with Crippen LogP contribution in [0, 0.1) is 5.92 Å². The van der Waals surface area contributed by atoms with Crippen molar-refractivity contribution in [2.24, 2.45) is 5.92 Å². The second-order valence-electron chi connectivity index (χ2n) is 2.58. The van der Waals surface area contributed by atoms with Gasteiger partial charge in [0, 0.05) is 0 Å². The fourth-order valence-electron chi connectivity index (χ4n) is 0.800. The summed E-state index contributed by atoms with van der Waals surface area (Å²) in [4.78, 5) is 32.6. The zero-order valence-electron chi connectivity index (χ0n) is 7.87. The minimum atomic E-state index is -0.768. The first-order valence-corrected chi connectivity index (χ1v) is 4.98. The Labute approximate surface area is 81.6 Å². The van der Waals surface area contributed by atoms with Crippen molar-refractivity contribution in [3.8, 4) is 0 Å². The third-order valence-electron chi connectivity index (χ3n) is 1.50. The first kappa shape index (κ1) is 12.1. The molecular weight excluding hydrogens is 188 g/mol. The van der Waals surface area contributed by atoms with Gasteiger partial charge in [-0.15, -0.1) is 0 Å². The smallest absolute Gasteiger partial charge is 0.211 e. The molecule has 0 saturated carbocycles. The molecule has 0 radical (unpaired) electrons. The van der Waals surface area contributed by atoms with E-state index in [2.05, 4.69) is 0 Å². The summed E-state index contributed by atoms with van der Waals surface area (Å²) in [6.45, 7) is 2.67. The molecule has 13 heavy (non-hydrogen) atoms. The summed E-state index contributed by atoms with van der Waals surface area (Å²) in [5.41, 5.74) is 0. The molecule has 0 spiro atoms. The lowest BCUT2D eigenvalue weighted by Crippen LogP contribution is -2.16. The molecule has 0 aromatic heterocycles. The van der Waals surface area contributed by atoms with Gasteiger partial charge in [-0.2, -0.15) is 0 Å². The van der Waals surface area contributed by atoms with E-state index in [4.69, 9.17) is 0 Å². The Hall–Kier alpha value is -0.900. The lowest BCUT2D eigenvalue weighted by Gasteiger charge is -2.01. The molecule has 3 nitrogen and oxygen atoms in total. The van der Waals surface area contributed by atoms with Gasteiger partial charge in [0.25, 0.3) is 0 Å². The summed E-state index contributed by atoms with van der Waals surface area (Å²) < 4.78 is 0. The van der Waals surface area contributed by atoms with Gasteiger partial charge in [-0.1, -0.05) is 17.8 Å². The van der Waals surface area contributed by atoms with E-state index in [1.807, 2.05) is 0 Å². The first-order valence-electron chi connectivity index (χ1n) is 3.76. The fraction of sp³-hybridized carbons (Fsp3) is 0.444. The van der Waals surface area contributed by atoms with E-state index in [1.54, 1.807) is 6.26 Å². The van der Waals surface area contributed by atoms with Crippen LogP contribution in [-0.2, 0) is 14.4 Å². The van der Waals surface area contributed by atoms with Gasteiger partial charge >= 0.3 is 0 Å². The van der Waals surface area contributed by atoms with Crippen molar-refractivity contribution in [3.63, 3.8) is 0 Å². The van der Waals surface area contributed by atoms with Crippen LogP contribution in [0.1, 0.15) is 13.8 Å². The van der Waals surface area contributed by atoms with E-state index in [0.29, 0.717) is 0 Å². The molecule has 0 aromatic rings. The highest BCUT2D eigenvalue weighted by Gasteiger charge is 2.15.